The number of hydrogen-bond donors (Lipinski definition) is 2. The summed E-state index contributed by atoms with van der Waals surface area (Å²) in [5, 5.41) is 8.79. The molecule has 1 fully saturated rings. The van der Waals surface area contributed by atoms with Crippen molar-refractivity contribution in [3.63, 3.8) is 0 Å². The minimum absolute atomic E-state index is 0.268. The summed E-state index contributed by atoms with van der Waals surface area (Å²) in [5.74, 6) is -0.961. The number of ether oxygens (including phenoxy) is 2. The van der Waals surface area contributed by atoms with Gasteiger partial charge in [0.25, 0.3) is 0 Å². The van der Waals surface area contributed by atoms with Gasteiger partial charge < -0.3 is 20.3 Å². The van der Waals surface area contributed by atoms with Crippen molar-refractivity contribution in [2.45, 2.75) is 44.2 Å². The van der Waals surface area contributed by atoms with Crippen molar-refractivity contribution in [3.05, 3.63) is 35.4 Å². The molecule has 0 saturated carbocycles. The van der Waals surface area contributed by atoms with Gasteiger partial charge in [0.1, 0.15) is 12.8 Å². The molecular weight excluding hydrogens is 270 g/mol. The number of unbranched alkanes of at least 4 members (excludes halogenated alkanes) is 1. The Morgan fingerprint density at radius 1 is 1.29 bits per heavy atom. The molecule has 2 atom stereocenters. The number of rotatable bonds is 8. The lowest BCUT2D eigenvalue weighted by atomic mass is 10.0. The van der Waals surface area contributed by atoms with Crippen molar-refractivity contribution in [3.8, 4) is 0 Å². The Bertz CT molecular complexity index is 440. The third kappa shape index (κ3) is 5.46. The van der Waals surface area contributed by atoms with Crippen molar-refractivity contribution in [1.29, 1.82) is 0 Å². The number of benzene rings is 1. The molecule has 2 unspecified atom stereocenters. The lowest BCUT2D eigenvalue weighted by Crippen LogP contribution is -2.32. The summed E-state index contributed by atoms with van der Waals surface area (Å²) >= 11 is 0. The van der Waals surface area contributed by atoms with Crippen LogP contribution in [0.3, 0.4) is 0 Å². The molecule has 0 spiro atoms. The van der Waals surface area contributed by atoms with Crippen LogP contribution in [-0.4, -0.2) is 36.6 Å². The van der Waals surface area contributed by atoms with Crippen LogP contribution < -0.4 is 5.73 Å². The smallest absolute Gasteiger partial charge is 0.320 e. The quantitative estimate of drug-likeness (QED) is 0.713. The predicted octanol–water partition coefficient (Wildman–Crippen LogP) is 1.73. The molecule has 0 amide bonds. The fourth-order valence-corrected chi connectivity index (χ4v) is 2.42. The van der Waals surface area contributed by atoms with Crippen LogP contribution in [0.4, 0.5) is 0 Å². The molecule has 1 aromatic rings. The molecule has 1 aliphatic heterocycles. The number of carbonyl (C=O) groups is 1. The Morgan fingerprint density at radius 2 is 2.00 bits per heavy atom. The molecule has 2 rings (SSSR count). The van der Waals surface area contributed by atoms with Crippen LogP contribution in [0, 0.1) is 0 Å². The van der Waals surface area contributed by atoms with Gasteiger partial charge in [-0.25, -0.2) is 0 Å². The van der Waals surface area contributed by atoms with E-state index in [0.717, 1.165) is 37.9 Å². The van der Waals surface area contributed by atoms with Gasteiger partial charge >= 0.3 is 5.97 Å². The standard InChI is InChI=1S/C16H23NO4/c17-15(16(18)19)9-13-7-5-12(6-8-13)3-1-2-4-14-10-20-11-21-14/h5-8,14-15H,1-4,9-11,17H2,(H,18,19). The van der Waals surface area contributed by atoms with E-state index in [1.54, 1.807) is 0 Å². The Balaban J connectivity index is 1.68. The number of carboxylic acid groups (broad SMARTS) is 1. The predicted molar refractivity (Wildman–Crippen MR) is 79.0 cm³/mol. The fraction of sp³-hybridized carbons (Fsp3) is 0.562. The first-order valence-corrected chi connectivity index (χ1v) is 7.40. The first kappa shape index (κ1) is 15.9. The van der Waals surface area contributed by atoms with E-state index in [4.69, 9.17) is 20.3 Å². The molecular formula is C16H23NO4. The number of aliphatic carboxylic acids is 1. The van der Waals surface area contributed by atoms with Gasteiger partial charge in [-0.2, -0.15) is 0 Å². The van der Waals surface area contributed by atoms with Crippen molar-refractivity contribution in [2.24, 2.45) is 5.73 Å². The molecule has 0 radical (unpaired) electrons. The van der Waals surface area contributed by atoms with Gasteiger partial charge in [-0.05, 0) is 36.8 Å². The Morgan fingerprint density at radius 3 is 2.62 bits per heavy atom. The van der Waals surface area contributed by atoms with Gasteiger partial charge in [0.2, 0.25) is 0 Å². The minimum atomic E-state index is -0.961. The average Bonchev–Trinajstić information content (AvgIpc) is 2.98. The van der Waals surface area contributed by atoms with E-state index in [0.29, 0.717) is 13.2 Å². The van der Waals surface area contributed by atoms with Crippen molar-refractivity contribution < 1.29 is 19.4 Å². The Labute approximate surface area is 125 Å². The molecule has 1 saturated heterocycles. The normalized spacial score (nSPS) is 19.6. The maximum absolute atomic E-state index is 10.7. The molecule has 1 aromatic carbocycles. The van der Waals surface area contributed by atoms with Crippen LogP contribution in [0.1, 0.15) is 30.4 Å². The van der Waals surface area contributed by atoms with Crippen LogP contribution in [0.2, 0.25) is 0 Å². The summed E-state index contributed by atoms with van der Waals surface area (Å²) in [6.07, 6.45) is 4.96. The van der Waals surface area contributed by atoms with Gasteiger partial charge in [0, 0.05) is 0 Å². The summed E-state index contributed by atoms with van der Waals surface area (Å²) < 4.78 is 10.6. The zero-order chi connectivity index (χ0) is 15.1. The molecule has 0 bridgehead atoms. The first-order valence-electron chi connectivity index (χ1n) is 7.40. The summed E-state index contributed by atoms with van der Waals surface area (Å²) in [7, 11) is 0. The van der Waals surface area contributed by atoms with E-state index in [1.807, 2.05) is 12.1 Å². The van der Waals surface area contributed by atoms with E-state index in [-0.39, 0.29) is 6.10 Å². The molecule has 0 aliphatic carbocycles. The SMILES string of the molecule is NC(Cc1ccc(CCCCC2COCO2)cc1)C(=O)O. The van der Waals surface area contributed by atoms with Crippen LogP contribution in [0.5, 0.6) is 0 Å². The topological polar surface area (TPSA) is 81.8 Å². The molecule has 5 nitrogen and oxygen atoms in total. The molecule has 21 heavy (non-hydrogen) atoms. The zero-order valence-electron chi connectivity index (χ0n) is 12.2. The van der Waals surface area contributed by atoms with Gasteiger partial charge in [0.15, 0.2) is 0 Å². The highest BCUT2D eigenvalue weighted by Crippen LogP contribution is 2.14. The number of carboxylic acids is 1. The summed E-state index contributed by atoms with van der Waals surface area (Å²) in [6.45, 7) is 1.16. The minimum Gasteiger partial charge on any atom is -0.480 e. The van der Waals surface area contributed by atoms with Crippen molar-refractivity contribution in [2.75, 3.05) is 13.4 Å². The highest BCUT2D eigenvalue weighted by molar-refractivity contribution is 5.73. The lowest BCUT2D eigenvalue weighted by molar-refractivity contribution is -0.138. The van der Waals surface area contributed by atoms with Crippen LogP contribution >= 0.6 is 0 Å². The molecule has 3 N–H and O–H groups in total. The van der Waals surface area contributed by atoms with E-state index in [2.05, 4.69) is 12.1 Å². The fourth-order valence-electron chi connectivity index (χ4n) is 2.42. The zero-order valence-corrected chi connectivity index (χ0v) is 12.2. The van der Waals surface area contributed by atoms with Gasteiger partial charge in [-0.15, -0.1) is 0 Å². The summed E-state index contributed by atoms with van der Waals surface area (Å²) in [4.78, 5) is 10.7. The molecule has 0 aromatic heterocycles. The second-order valence-corrected chi connectivity index (χ2v) is 5.49. The van der Waals surface area contributed by atoms with E-state index < -0.39 is 12.0 Å². The van der Waals surface area contributed by atoms with Gasteiger partial charge in [-0.3, -0.25) is 4.79 Å². The Kier molecular flexibility index (Phi) is 6.17. The maximum atomic E-state index is 10.7. The molecule has 1 heterocycles. The first-order chi connectivity index (χ1) is 10.1. The highest BCUT2D eigenvalue weighted by Gasteiger charge is 2.15. The second-order valence-electron chi connectivity index (χ2n) is 5.49. The van der Waals surface area contributed by atoms with Crippen LogP contribution in [-0.2, 0) is 27.1 Å². The molecule has 5 heteroatoms. The second kappa shape index (κ2) is 8.12. The van der Waals surface area contributed by atoms with E-state index in [1.165, 1.54) is 5.56 Å². The number of aryl methyl sites for hydroxylation is 1. The van der Waals surface area contributed by atoms with Crippen LogP contribution in [0.25, 0.3) is 0 Å². The monoisotopic (exact) mass is 293 g/mol. The van der Waals surface area contributed by atoms with Gasteiger partial charge in [-0.1, -0.05) is 30.7 Å². The summed E-state index contributed by atoms with van der Waals surface area (Å²) in [5.41, 5.74) is 7.76. The van der Waals surface area contributed by atoms with E-state index >= 15 is 0 Å². The number of hydrogen-bond acceptors (Lipinski definition) is 4. The van der Waals surface area contributed by atoms with Gasteiger partial charge in [0.05, 0.1) is 12.7 Å². The number of nitrogens with two attached hydrogens (primary N) is 1. The lowest BCUT2D eigenvalue weighted by Gasteiger charge is -2.08. The van der Waals surface area contributed by atoms with Crippen molar-refractivity contribution >= 4 is 5.97 Å². The average molecular weight is 293 g/mol. The molecule has 1 aliphatic rings. The molecule has 116 valence electrons. The van der Waals surface area contributed by atoms with Crippen LogP contribution in [0.15, 0.2) is 24.3 Å². The van der Waals surface area contributed by atoms with E-state index in [9.17, 15) is 4.79 Å². The Hall–Kier alpha value is -1.43. The maximum Gasteiger partial charge on any atom is 0.320 e. The van der Waals surface area contributed by atoms with Crippen molar-refractivity contribution in [1.82, 2.24) is 0 Å². The highest BCUT2D eigenvalue weighted by atomic mass is 16.7. The largest absolute Gasteiger partial charge is 0.480 e. The third-order valence-corrected chi connectivity index (χ3v) is 3.73. The summed E-state index contributed by atoms with van der Waals surface area (Å²) in [6, 6.07) is 7.21. The third-order valence-electron chi connectivity index (χ3n) is 3.73.